The van der Waals surface area contributed by atoms with E-state index in [2.05, 4.69) is 6.07 Å². The fourth-order valence-electron chi connectivity index (χ4n) is 3.11. The minimum atomic E-state index is -0.832. The summed E-state index contributed by atoms with van der Waals surface area (Å²) in [5.74, 6) is -0.151. The molecule has 0 saturated carbocycles. The molecule has 0 bridgehead atoms. The lowest BCUT2D eigenvalue weighted by molar-refractivity contribution is -0.130. The lowest BCUT2D eigenvalue weighted by atomic mass is 10.1. The van der Waals surface area contributed by atoms with E-state index >= 15 is 0 Å². The van der Waals surface area contributed by atoms with Crippen LogP contribution in [-0.2, 0) is 17.8 Å². The van der Waals surface area contributed by atoms with E-state index in [1.807, 2.05) is 30.5 Å². The van der Waals surface area contributed by atoms with Crippen LogP contribution in [-0.4, -0.2) is 26.7 Å². The quantitative estimate of drug-likeness (QED) is 0.459. The van der Waals surface area contributed by atoms with Crippen LogP contribution in [0, 0.1) is 19.7 Å². The Labute approximate surface area is 156 Å². The highest BCUT2D eigenvalue weighted by molar-refractivity contribution is 5.80. The Bertz CT molecular complexity index is 984. The highest BCUT2D eigenvalue weighted by atomic mass is 19.1. The number of aryl methyl sites for hydroxylation is 3. The molecule has 0 unspecified atom stereocenters. The predicted octanol–water partition coefficient (Wildman–Crippen LogP) is 2.61. The van der Waals surface area contributed by atoms with Crippen LogP contribution in [0.3, 0.4) is 0 Å². The van der Waals surface area contributed by atoms with Gasteiger partial charge in [-0.3, -0.25) is 10.0 Å². The van der Waals surface area contributed by atoms with E-state index in [1.54, 1.807) is 11.5 Å². The Balaban J connectivity index is 1.99. The first-order valence-electron chi connectivity index (χ1n) is 8.79. The number of hydrogen-bond acceptors (Lipinski definition) is 4. The minimum Gasteiger partial charge on any atom is -0.323 e. The second kappa shape index (κ2) is 7.85. The second-order valence-corrected chi connectivity index (χ2v) is 6.79. The Morgan fingerprint density at radius 3 is 2.74 bits per heavy atom. The molecule has 6 nitrogen and oxygen atoms in total. The Morgan fingerprint density at radius 2 is 2.04 bits per heavy atom. The van der Waals surface area contributed by atoms with Crippen LogP contribution in [0.2, 0.25) is 0 Å². The molecule has 7 heteroatoms. The summed E-state index contributed by atoms with van der Waals surface area (Å²) in [5.41, 5.74) is 12.3. The van der Waals surface area contributed by atoms with Crippen LogP contribution in [0.1, 0.15) is 28.9 Å². The number of rotatable bonds is 6. The standard InChI is InChI=1S/C20H23FN4O2/c1-12-8-17-18(9-13(12)2)25(11-14-4-3-5-15(21)10-14)19(23-17)7-6-16(22)20(26)24-27/h3-5,8-10,16,27H,6-7,11,22H2,1-2H3,(H,24,26)/t16-/m0/s1. The van der Waals surface area contributed by atoms with Gasteiger partial charge in [0.25, 0.3) is 5.91 Å². The molecule has 142 valence electrons. The van der Waals surface area contributed by atoms with Crippen molar-refractivity contribution in [1.82, 2.24) is 15.0 Å². The van der Waals surface area contributed by atoms with Crippen molar-refractivity contribution >= 4 is 16.9 Å². The van der Waals surface area contributed by atoms with E-state index in [0.717, 1.165) is 33.5 Å². The smallest absolute Gasteiger partial charge is 0.260 e. The van der Waals surface area contributed by atoms with Crippen LogP contribution >= 0.6 is 0 Å². The molecule has 1 amide bonds. The molecule has 2 aromatic carbocycles. The number of nitrogens with zero attached hydrogens (tertiary/aromatic N) is 2. The molecule has 4 N–H and O–H groups in total. The summed E-state index contributed by atoms with van der Waals surface area (Å²) >= 11 is 0. The molecule has 0 fully saturated rings. The molecule has 0 radical (unpaired) electrons. The van der Waals surface area contributed by atoms with Gasteiger partial charge in [0.15, 0.2) is 0 Å². The maximum absolute atomic E-state index is 13.6. The number of fused-ring (bicyclic) bond motifs is 1. The number of amides is 1. The first-order chi connectivity index (χ1) is 12.9. The number of hydroxylamine groups is 1. The van der Waals surface area contributed by atoms with Crippen LogP contribution in [0.4, 0.5) is 4.39 Å². The number of aromatic nitrogens is 2. The van der Waals surface area contributed by atoms with Gasteiger partial charge in [-0.15, -0.1) is 0 Å². The molecule has 1 aromatic heterocycles. The van der Waals surface area contributed by atoms with E-state index in [0.29, 0.717) is 19.4 Å². The lowest BCUT2D eigenvalue weighted by Crippen LogP contribution is -2.39. The largest absolute Gasteiger partial charge is 0.323 e. The summed E-state index contributed by atoms with van der Waals surface area (Å²) in [5, 5.41) is 8.72. The normalized spacial score (nSPS) is 12.3. The van der Waals surface area contributed by atoms with Gasteiger partial charge in [-0.2, -0.15) is 0 Å². The first kappa shape index (κ1) is 19.0. The van der Waals surface area contributed by atoms with E-state index in [1.165, 1.54) is 12.1 Å². The Morgan fingerprint density at radius 1 is 1.30 bits per heavy atom. The maximum atomic E-state index is 13.6. The topological polar surface area (TPSA) is 93.2 Å². The van der Waals surface area contributed by atoms with E-state index in [-0.39, 0.29) is 5.82 Å². The van der Waals surface area contributed by atoms with Gasteiger partial charge in [0.05, 0.1) is 17.1 Å². The van der Waals surface area contributed by atoms with Crippen molar-refractivity contribution < 1.29 is 14.4 Å². The van der Waals surface area contributed by atoms with Crippen LogP contribution in [0.25, 0.3) is 11.0 Å². The average molecular weight is 370 g/mol. The zero-order valence-electron chi connectivity index (χ0n) is 15.4. The van der Waals surface area contributed by atoms with Gasteiger partial charge in [-0.25, -0.2) is 14.9 Å². The number of carbonyl (C=O) groups excluding carboxylic acids is 1. The van der Waals surface area contributed by atoms with Gasteiger partial charge in [-0.05, 0) is 61.2 Å². The second-order valence-electron chi connectivity index (χ2n) is 6.79. The van der Waals surface area contributed by atoms with Crippen LogP contribution in [0.5, 0.6) is 0 Å². The fourth-order valence-corrected chi connectivity index (χ4v) is 3.11. The number of nitrogens with one attached hydrogen (secondary N) is 1. The van der Waals surface area contributed by atoms with Crippen molar-refractivity contribution in [3.63, 3.8) is 0 Å². The van der Waals surface area contributed by atoms with Gasteiger partial charge >= 0.3 is 0 Å². The van der Waals surface area contributed by atoms with Gasteiger partial charge < -0.3 is 10.3 Å². The molecule has 3 rings (SSSR count). The van der Waals surface area contributed by atoms with Crippen molar-refractivity contribution in [2.75, 3.05) is 0 Å². The number of imidazole rings is 1. The summed E-state index contributed by atoms with van der Waals surface area (Å²) in [6.07, 6.45) is 0.785. The summed E-state index contributed by atoms with van der Waals surface area (Å²) in [6.45, 7) is 4.53. The third-order valence-electron chi connectivity index (χ3n) is 4.80. The molecular formula is C20H23FN4O2. The third kappa shape index (κ3) is 4.15. The zero-order chi connectivity index (χ0) is 19.6. The molecular weight excluding hydrogens is 347 g/mol. The summed E-state index contributed by atoms with van der Waals surface area (Å²) in [6, 6.07) is 9.72. The molecule has 1 atom stereocenters. The van der Waals surface area contributed by atoms with E-state index in [4.69, 9.17) is 15.9 Å². The SMILES string of the molecule is Cc1cc2nc(CC[C@H](N)C(=O)NO)n(Cc3cccc(F)c3)c2cc1C. The minimum absolute atomic E-state index is 0.285. The van der Waals surface area contributed by atoms with Crippen LogP contribution in [0.15, 0.2) is 36.4 Å². The van der Waals surface area contributed by atoms with E-state index in [9.17, 15) is 9.18 Å². The average Bonchev–Trinajstić information content (AvgIpc) is 2.96. The number of carbonyl (C=O) groups is 1. The molecule has 0 saturated heterocycles. The number of benzene rings is 2. The highest BCUT2D eigenvalue weighted by Crippen LogP contribution is 2.23. The number of hydrogen-bond donors (Lipinski definition) is 3. The predicted molar refractivity (Wildman–Crippen MR) is 101 cm³/mol. The molecule has 0 aliphatic heterocycles. The van der Waals surface area contributed by atoms with Crippen LogP contribution < -0.4 is 11.2 Å². The summed E-state index contributed by atoms with van der Waals surface area (Å²) < 4.78 is 15.6. The number of halogens is 1. The van der Waals surface area contributed by atoms with Gasteiger partial charge in [0, 0.05) is 13.0 Å². The first-order valence-corrected chi connectivity index (χ1v) is 8.79. The Hall–Kier alpha value is -2.77. The lowest BCUT2D eigenvalue weighted by Gasteiger charge is -2.12. The molecule has 1 heterocycles. The van der Waals surface area contributed by atoms with Crippen molar-refractivity contribution in [3.8, 4) is 0 Å². The maximum Gasteiger partial charge on any atom is 0.260 e. The van der Waals surface area contributed by atoms with Crippen molar-refractivity contribution in [1.29, 1.82) is 0 Å². The fraction of sp³-hybridized carbons (Fsp3) is 0.300. The van der Waals surface area contributed by atoms with Crippen molar-refractivity contribution in [2.45, 2.75) is 39.3 Å². The summed E-state index contributed by atoms with van der Waals surface area (Å²) in [4.78, 5) is 16.2. The molecule has 0 aliphatic carbocycles. The zero-order valence-corrected chi connectivity index (χ0v) is 15.4. The molecule has 0 aliphatic rings. The molecule has 0 spiro atoms. The highest BCUT2D eigenvalue weighted by Gasteiger charge is 2.17. The summed E-state index contributed by atoms with van der Waals surface area (Å²) in [7, 11) is 0. The van der Waals surface area contributed by atoms with Gasteiger partial charge in [0.1, 0.15) is 11.6 Å². The Kier molecular flexibility index (Phi) is 5.53. The van der Waals surface area contributed by atoms with Crippen molar-refractivity contribution in [2.24, 2.45) is 5.73 Å². The molecule has 27 heavy (non-hydrogen) atoms. The van der Waals surface area contributed by atoms with Gasteiger partial charge in [-0.1, -0.05) is 12.1 Å². The van der Waals surface area contributed by atoms with E-state index < -0.39 is 11.9 Å². The number of nitrogens with two attached hydrogens (primary N) is 1. The van der Waals surface area contributed by atoms with Gasteiger partial charge in [0.2, 0.25) is 0 Å². The monoisotopic (exact) mass is 370 g/mol. The molecule has 3 aromatic rings. The third-order valence-corrected chi connectivity index (χ3v) is 4.80. The van der Waals surface area contributed by atoms with Crippen molar-refractivity contribution in [3.05, 3.63) is 64.7 Å².